The van der Waals surface area contributed by atoms with Crippen LogP contribution in [0.15, 0.2) is 18.3 Å². The van der Waals surface area contributed by atoms with Crippen LogP contribution in [0.4, 0.5) is 5.82 Å². The normalized spacial score (nSPS) is 21.4. The van der Waals surface area contributed by atoms with Gasteiger partial charge in [0.1, 0.15) is 11.4 Å². The Morgan fingerprint density at radius 2 is 2.24 bits per heavy atom. The minimum Gasteiger partial charge on any atom is -0.480 e. The van der Waals surface area contributed by atoms with Crippen molar-refractivity contribution in [3.05, 3.63) is 23.4 Å². The molecule has 7 heteroatoms. The molecule has 1 aromatic heterocycles. The summed E-state index contributed by atoms with van der Waals surface area (Å²) in [4.78, 5) is 31.0. The van der Waals surface area contributed by atoms with Crippen LogP contribution in [-0.4, -0.2) is 52.5 Å². The van der Waals surface area contributed by atoms with Gasteiger partial charge >= 0.3 is 5.97 Å². The van der Waals surface area contributed by atoms with Gasteiger partial charge in [0.2, 0.25) is 5.91 Å². The van der Waals surface area contributed by atoms with Gasteiger partial charge in [0.25, 0.3) is 0 Å². The standard InChI is InChI=1S/C14H18ClN3O3/c1-14(13(20)21)6-3-7-18(14)12(19)9-17(2)11-5-4-10(15)8-16-11/h4-5,8H,3,6-7,9H2,1-2H3,(H,20,21). The summed E-state index contributed by atoms with van der Waals surface area (Å²) in [5, 5.41) is 9.86. The molecular weight excluding hydrogens is 294 g/mol. The number of carboxylic acid groups (broad SMARTS) is 1. The Kier molecular flexibility index (Phi) is 4.37. The van der Waals surface area contributed by atoms with E-state index in [1.54, 1.807) is 31.0 Å². The summed E-state index contributed by atoms with van der Waals surface area (Å²) in [5.41, 5.74) is -1.11. The molecule has 1 amide bonds. The van der Waals surface area contributed by atoms with Gasteiger partial charge in [0.15, 0.2) is 0 Å². The minimum atomic E-state index is -1.11. The molecule has 0 aliphatic carbocycles. The van der Waals surface area contributed by atoms with Crippen molar-refractivity contribution in [3.63, 3.8) is 0 Å². The molecule has 0 saturated carbocycles. The van der Waals surface area contributed by atoms with Crippen molar-refractivity contribution >= 4 is 29.3 Å². The first kappa shape index (κ1) is 15.6. The maximum atomic E-state index is 12.4. The van der Waals surface area contributed by atoms with Gasteiger partial charge in [0.05, 0.1) is 11.6 Å². The highest BCUT2D eigenvalue weighted by atomic mass is 35.5. The number of halogens is 1. The highest BCUT2D eigenvalue weighted by Gasteiger charge is 2.45. The van der Waals surface area contributed by atoms with E-state index < -0.39 is 11.5 Å². The molecule has 1 aromatic rings. The Bertz CT molecular complexity index is 549. The number of nitrogens with zero attached hydrogens (tertiary/aromatic N) is 3. The third-order valence-electron chi connectivity index (χ3n) is 3.88. The molecule has 2 heterocycles. The molecule has 1 atom stereocenters. The van der Waals surface area contributed by atoms with Crippen LogP contribution in [0.25, 0.3) is 0 Å². The summed E-state index contributed by atoms with van der Waals surface area (Å²) < 4.78 is 0. The van der Waals surface area contributed by atoms with Crippen molar-refractivity contribution in [1.82, 2.24) is 9.88 Å². The monoisotopic (exact) mass is 311 g/mol. The number of rotatable bonds is 4. The summed E-state index contributed by atoms with van der Waals surface area (Å²) in [7, 11) is 1.74. The minimum absolute atomic E-state index is 0.0809. The van der Waals surface area contributed by atoms with Crippen LogP contribution < -0.4 is 4.90 Å². The third-order valence-corrected chi connectivity index (χ3v) is 4.10. The van der Waals surface area contributed by atoms with Crippen LogP contribution >= 0.6 is 11.6 Å². The summed E-state index contributed by atoms with van der Waals surface area (Å²) in [6, 6.07) is 3.41. The van der Waals surface area contributed by atoms with E-state index in [0.717, 1.165) is 0 Å². The predicted octanol–water partition coefficient (Wildman–Crippen LogP) is 1.64. The van der Waals surface area contributed by atoms with E-state index >= 15 is 0 Å². The number of hydrogen-bond acceptors (Lipinski definition) is 4. The van der Waals surface area contributed by atoms with E-state index in [4.69, 9.17) is 11.6 Å². The Hall–Kier alpha value is -1.82. The fourth-order valence-electron chi connectivity index (χ4n) is 2.55. The fraction of sp³-hybridized carbons (Fsp3) is 0.500. The third kappa shape index (κ3) is 3.10. The lowest BCUT2D eigenvalue weighted by Gasteiger charge is -2.32. The average Bonchev–Trinajstić information content (AvgIpc) is 2.83. The molecule has 1 unspecified atom stereocenters. The first-order valence-electron chi connectivity index (χ1n) is 6.71. The van der Waals surface area contributed by atoms with Crippen molar-refractivity contribution < 1.29 is 14.7 Å². The summed E-state index contributed by atoms with van der Waals surface area (Å²) in [6.45, 7) is 2.15. The van der Waals surface area contributed by atoms with Gasteiger partial charge in [-0.3, -0.25) is 4.79 Å². The molecule has 0 aromatic carbocycles. The van der Waals surface area contributed by atoms with Gasteiger partial charge in [-0.25, -0.2) is 9.78 Å². The zero-order valence-corrected chi connectivity index (χ0v) is 12.8. The van der Waals surface area contributed by atoms with Gasteiger partial charge < -0.3 is 14.9 Å². The van der Waals surface area contributed by atoms with Crippen LogP contribution in [-0.2, 0) is 9.59 Å². The predicted molar refractivity (Wildman–Crippen MR) is 79.5 cm³/mol. The van der Waals surface area contributed by atoms with Crippen molar-refractivity contribution in [2.45, 2.75) is 25.3 Å². The lowest BCUT2D eigenvalue weighted by atomic mass is 9.99. The summed E-state index contributed by atoms with van der Waals surface area (Å²) in [6.07, 6.45) is 2.70. The van der Waals surface area contributed by atoms with Crippen LogP contribution in [0.1, 0.15) is 19.8 Å². The van der Waals surface area contributed by atoms with Gasteiger partial charge in [-0.05, 0) is 31.9 Å². The number of amides is 1. The van der Waals surface area contributed by atoms with E-state index in [2.05, 4.69) is 4.98 Å². The second-order valence-corrected chi connectivity index (χ2v) is 5.86. The molecule has 1 aliphatic rings. The number of carbonyl (C=O) groups excluding carboxylic acids is 1. The summed E-state index contributed by atoms with van der Waals surface area (Å²) >= 11 is 5.78. The fourth-order valence-corrected chi connectivity index (χ4v) is 2.66. The lowest BCUT2D eigenvalue weighted by molar-refractivity contribution is -0.154. The number of carbonyl (C=O) groups is 2. The number of anilines is 1. The molecule has 1 fully saturated rings. The molecule has 0 bridgehead atoms. The second kappa shape index (κ2) is 5.89. The van der Waals surface area contributed by atoms with Crippen LogP contribution in [0.3, 0.4) is 0 Å². The number of aromatic nitrogens is 1. The molecule has 1 aliphatic heterocycles. The largest absolute Gasteiger partial charge is 0.480 e. The van der Waals surface area contributed by atoms with E-state index in [1.165, 1.54) is 11.1 Å². The van der Waals surface area contributed by atoms with E-state index in [9.17, 15) is 14.7 Å². The molecular formula is C14H18ClN3O3. The van der Waals surface area contributed by atoms with Crippen molar-refractivity contribution in [2.24, 2.45) is 0 Å². The Morgan fingerprint density at radius 1 is 1.52 bits per heavy atom. The highest BCUT2D eigenvalue weighted by molar-refractivity contribution is 6.30. The number of aliphatic carboxylic acids is 1. The quantitative estimate of drug-likeness (QED) is 0.915. The zero-order valence-electron chi connectivity index (χ0n) is 12.0. The van der Waals surface area contributed by atoms with Gasteiger partial charge in [-0.15, -0.1) is 0 Å². The zero-order chi connectivity index (χ0) is 15.6. The maximum Gasteiger partial charge on any atom is 0.329 e. The average molecular weight is 312 g/mol. The maximum absolute atomic E-state index is 12.4. The van der Waals surface area contributed by atoms with E-state index in [0.29, 0.717) is 30.2 Å². The van der Waals surface area contributed by atoms with Crippen LogP contribution in [0, 0.1) is 0 Å². The lowest BCUT2D eigenvalue weighted by Crippen LogP contribution is -2.53. The van der Waals surface area contributed by atoms with Gasteiger partial charge in [0, 0.05) is 19.8 Å². The molecule has 0 spiro atoms. The molecule has 0 radical (unpaired) electrons. The molecule has 1 N–H and O–H groups in total. The van der Waals surface area contributed by atoms with Gasteiger partial charge in [-0.2, -0.15) is 0 Å². The molecule has 6 nitrogen and oxygen atoms in total. The molecule has 2 rings (SSSR count). The van der Waals surface area contributed by atoms with Crippen molar-refractivity contribution in [2.75, 3.05) is 25.0 Å². The topological polar surface area (TPSA) is 73.7 Å². The van der Waals surface area contributed by atoms with E-state index in [-0.39, 0.29) is 12.5 Å². The molecule has 1 saturated heterocycles. The highest BCUT2D eigenvalue weighted by Crippen LogP contribution is 2.29. The Balaban J connectivity index is 2.07. The van der Waals surface area contributed by atoms with Crippen molar-refractivity contribution in [3.8, 4) is 0 Å². The number of carboxylic acids is 1. The Labute approximate surface area is 128 Å². The van der Waals surface area contributed by atoms with Crippen molar-refractivity contribution in [1.29, 1.82) is 0 Å². The second-order valence-electron chi connectivity index (χ2n) is 5.42. The van der Waals surface area contributed by atoms with Crippen LogP contribution in [0.5, 0.6) is 0 Å². The Morgan fingerprint density at radius 3 is 2.81 bits per heavy atom. The molecule has 114 valence electrons. The van der Waals surface area contributed by atoms with Gasteiger partial charge in [-0.1, -0.05) is 11.6 Å². The smallest absolute Gasteiger partial charge is 0.329 e. The summed E-state index contributed by atoms with van der Waals surface area (Å²) in [5.74, 6) is -0.554. The number of pyridine rings is 1. The first-order chi connectivity index (χ1) is 9.84. The first-order valence-corrected chi connectivity index (χ1v) is 7.09. The number of likely N-dealkylation sites (tertiary alicyclic amines) is 1. The number of hydrogen-bond donors (Lipinski definition) is 1. The van der Waals surface area contributed by atoms with Crippen LogP contribution in [0.2, 0.25) is 5.02 Å². The SMILES string of the molecule is CN(CC(=O)N1CCCC1(C)C(=O)O)c1ccc(Cl)cn1. The number of likely N-dealkylation sites (N-methyl/N-ethyl adjacent to an activating group) is 1. The molecule has 21 heavy (non-hydrogen) atoms. The van der Waals surface area contributed by atoms with E-state index in [1.807, 2.05) is 0 Å².